The van der Waals surface area contributed by atoms with Gasteiger partial charge in [-0.05, 0) is 73.6 Å². The Morgan fingerprint density at radius 2 is 0.980 bits per heavy atom. The van der Waals surface area contributed by atoms with Gasteiger partial charge in [0.05, 0.1) is 0 Å². The molecular weight excluding hydrogens is 639 g/mol. The van der Waals surface area contributed by atoms with Crippen molar-refractivity contribution in [2.75, 3.05) is 0 Å². The lowest BCUT2D eigenvalue weighted by Gasteiger charge is -2.14. The third-order valence-corrected chi connectivity index (χ3v) is 11.3. The molecule has 11 rings (SSSR count). The first-order valence-electron chi connectivity index (χ1n) is 17.2. The molecule has 0 saturated heterocycles. The Labute approximate surface area is 298 Å². The Kier molecular flexibility index (Phi) is 6.12. The molecule has 0 atom stereocenters. The van der Waals surface area contributed by atoms with Crippen molar-refractivity contribution in [3.63, 3.8) is 0 Å². The molecule has 0 aliphatic heterocycles. The van der Waals surface area contributed by atoms with Crippen molar-refractivity contribution in [3.05, 3.63) is 164 Å². The number of thiophene rings is 1. The van der Waals surface area contributed by atoms with E-state index in [1.807, 2.05) is 29.5 Å². The zero-order valence-electron chi connectivity index (χ0n) is 27.3. The van der Waals surface area contributed by atoms with Crippen LogP contribution in [0.3, 0.4) is 0 Å². The van der Waals surface area contributed by atoms with E-state index in [0.29, 0.717) is 17.5 Å². The number of hydrogen-bond donors (Lipinski definition) is 0. The molecule has 0 unspecified atom stereocenters. The molecule has 3 nitrogen and oxygen atoms in total. The fourth-order valence-corrected chi connectivity index (χ4v) is 9.06. The van der Waals surface area contributed by atoms with Crippen molar-refractivity contribution in [2.45, 2.75) is 0 Å². The van der Waals surface area contributed by atoms with Gasteiger partial charge in [-0.3, -0.25) is 0 Å². The van der Waals surface area contributed by atoms with Gasteiger partial charge in [-0.15, -0.1) is 11.3 Å². The van der Waals surface area contributed by atoms with Gasteiger partial charge in [0.25, 0.3) is 0 Å². The first-order chi connectivity index (χ1) is 25.3. The quantitative estimate of drug-likeness (QED) is 0.188. The van der Waals surface area contributed by atoms with Crippen LogP contribution in [0, 0.1) is 0 Å². The molecule has 1 aliphatic rings. The first-order valence-corrected chi connectivity index (χ1v) is 18.0. The molecule has 0 fully saturated rings. The van der Waals surface area contributed by atoms with Crippen molar-refractivity contribution < 1.29 is 0 Å². The van der Waals surface area contributed by atoms with E-state index in [9.17, 15) is 0 Å². The maximum Gasteiger partial charge on any atom is 0.165 e. The van der Waals surface area contributed by atoms with E-state index < -0.39 is 0 Å². The minimum absolute atomic E-state index is 0.657. The van der Waals surface area contributed by atoms with Gasteiger partial charge in [-0.2, -0.15) is 0 Å². The van der Waals surface area contributed by atoms with Crippen molar-refractivity contribution >= 4 is 53.1 Å². The van der Waals surface area contributed by atoms with E-state index in [2.05, 4.69) is 146 Å². The van der Waals surface area contributed by atoms with E-state index >= 15 is 0 Å². The largest absolute Gasteiger partial charge is 0.208 e. The lowest BCUT2D eigenvalue weighted by atomic mass is 9.93. The highest BCUT2D eigenvalue weighted by atomic mass is 32.1. The van der Waals surface area contributed by atoms with Gasteiger partial charge >= 0.3 is 0 Å². The van der Waals surface area contributed by atoms with Crippen LogP contribution in [-0.4, -0.2) is 15.0 Å². The summed E-state index contributed by atoms with van der Waals surface area (Å²) in [5.41, 5.74) is 10.3. The second-order valence-corrected chi connectivity index (χ2v) is 14.3. The summed E-state index contributed by atoms with van der Waals surface area (Å²) < 4.78 is 2.49. The van der Waals surface area contributed by atoms with Crippen LogP contribution in [0.15, 0.2) is 164 Å². The summed E-state index contributed by atoms with van der Waals surface area (Å²) in [6, 6.07) is 58.4. The van der Waals surface area contributed by atoms with E-state index in [1.54, 1.807) is 0 Å². The molecule has 2 heterocycles. The number of aromatic nitrogens is 3. The standard InChI is InChI=1S/C47H27N3S/c1-3-11-28(12-4-1)32-23-21-29-22-24-33(26-34(29)25-32)46-48-45(31-13-5-2-6-14-31)49-47(50-46)44-42-37-19-10-16-30-15-9-18-35(41(30)37)38(42)27-40-43(44)36-17-7-8-20-39(36)51-40/h1-27H. The summed E-state index contributed by atoms with van der Waals surface area (Å²) in [6.45, 7) is 0. The normalized spacial score (nSPS) is 11.9. The number of rotatable bonds is 4. The summed E-state index contributed by atoms with van der Waals surface area (Å²) >= 11 is 1.84. The van der Waals surface area contributed by atoms with Gasteiger partial charge in [0.15, 0.2) is 17.5 Å². The van der Waals surface area contributed by atoms with E-state index in [-0.39, 0.29) is 0 Å². The highest BCUT2D eigenvalue weighted by Crippen LogP contribution is 2.55. The molecule has 0 bridgehead atoms. The van der Waals surface area contributed by atoms with Crippen LogP contribution < -0.4 is 0 Å². The van der Waals surface area contributed by atoms with Crippen LogP contribution in [0.1, 0.15) is 0 Å². The van der Waals surface area contributed by atoms with Crippen molar-refractivity contribution in [3.8, 4) is 67.5 Å². The van der Waals surface area contributed by atoms with Crippen LogP contribution in [0.2, 0.25) is 0 Å². The molecule has 0 saturated carbocycles. The van der Waals surface area contributed by atoms with Crippen molar-refractivity contribution in [1.29, 1.82) is 0 Å². The summed E-state index contributed by atoms with van der Waals surface area (Å²) in [7, 11) is 0. The Morgan fingerprint density at radius 3 is 1.78 bits per heavy atom. The lowest BCUT2D eigenvalue weighted by Crippen LogP contribution is -2.01. The molecule has 0 amide bonds. The second kappa shape index (κ2) is 11.0. The number of fused-ring (bicyclic) bond motifs is 7. The molecule has 10 aromatic rings. The smallest absolute Gasteiger partial charge is 0.165 e. The van der Waals surface area contributed by atoms with Gasteiger partial charge in [-0.1, -0.05) is 140 Å². The fourth-order valence-electron chi connectivity index (χ4n) is 7.91. The molecule has 0 spiro atoms. The first kappa shape index (κ1) is 28.4. The SMILES string of the molecule is c1ccc(-c2ccc3ccc(-c4nc(-c5ccccc5)nc(-c5c6c(cc7sc8ccccc8c57)-c5cccc7cccc-6c57)n4)cc3c2)cc1. The number of hydrogen-bond acceptors (Lipinski definition) is 4. The zero-order chi connectivity index (χ0) is 33.5. The molecule has 8 aromatic carbocycles. The monoisotopic (exact) mass is 665 g/mol. The Morgan fingerprint density at radius 1 is 0.333 bits per heavy atom. The van der Waals surface area contributed by atoms with Gasteiger partial charge in [0.2, 0.25) is 0 Å². The minimum Gasteiger partial charge on any atom is -0.208 e. The molecule has 4 heteroatoms. The van der Waals surface area contributed by atoms with Crippen LogP contribution in [-0.2, 0) is 0 Å². The third kappa shape index (κ3) is 4.40. The number of benzene rings is 8. The Hall–Kier alpha value is -6.49. The summed E-state index contributed by atoms with van der Waals surface area (Å²) in [6.07, 6.45) is 0. The maximum atomic E-state index is 5.41. The maximum absolute atomic E-state index is 5.41. The van der Waals surface area contributed by atoms with E-state index in [0.717, 1.165) is 22.1 Å². The Bertz CT molecular complexity index is 3010. The van der Waals surface area contributed by atoms with Gasteiger partial charge < -0.3 is 0 Å². The van der Waals surface area contributed by atoms with Crippen molar-refractivity contribution in [2.24, 2.45) is 0 Å². The highest BCUT2D eigenvalue weighted by Gasteiger charge is 2.29. The third-order valence-electron chi connectivity index (χ3n) is 10.2. The van der Waals surface area contributed by atoms with Crippen LogP contribution in [0.4, 0.5) is 0 Å². The summed E-state index contributed by atoms with van der Waals surface area (Å²) in [5, 5.41) is 7.27. The molecule has 0 N–H and O–H groups in total. The average Bonchev–Trinajstić information content (AvgIpc) is 3.73. The van der Waals surface area contributed by atoms with Crippen molar-refractivity contribution in [1.82, 2.24) is 15.0 Å². The molecular formula is C47H27N3S. The Balaban J connectivity index is 1.22. The average molecular weight is 666 g/mol. The van der Waals surface area contributed by atoms with Gasteiger partial charge in [0, 0.05) is 42.4 Å². The zero-order valence-corrected chi connectivity index (χ0v) is 28.2. The predicted octanol–water partition coefficient (Wildman–Crippen LogP) is 12.9. The molecule has 236 valence electrons. The topological polar surface area (TPSA) is 38.7 Å². The summed E-state index contributed by atoms with van der Waals surface area (Å²) in [5.74, 6) is 2.00. The van der Waals surface area contributed by atoms with Crippen LogP contribution in [0.5, 0.6) is 0 Å². The summed E-state index contributed by atoms with van der Waals surface area (Å²) in [4.78, 5) is 15.9. The molecule has 51 heavy (non-hydrogen) atoms. The predicted molar refractivity (Wildman–Crippen MR) is 214 cm³/mol. The van der Waals surface area contributed by atoms with Gasteiger partial charge in [0.1, 0.15) is 0 Å². The lowest BCUT2D eigenvalue weighted by molar-refractivity contribution is 1.08. The van der Waals surface area contributed by atoms with Gasteiger partial charge in [-0.25, -0.2) is 15.0 Å². The second-order valence-electron chi connectivity index (χ2n) is 13.2. The van der Waals surface area contributed by atoms with E-state index in [4.69, 9.17) is 15.0 Å². The van der Waals surface area contributed by atoms with Crippen LogP contribution >= 0.6 is 11.3 Å². The fraction of sp³-hybridized carbons (Fsp3) is 0. The van der Waals surface area contributed by atoms with E-state index in [1.165, 1.54) is 69.7 Å². The minimum atomic E-state index is 0.657. The molecule has 2 aromatic heterocycles. The highest BCUT2D eigenvalue weighted by molar-refractivity contribution is 7.26. The number of nitrogens with zero attached hydrogens (tertiary/aromatic N) is 3. The molecule has 1 aliphatic carbocycles. The van der Waals surface area contributed by atoms with Crippen LogP contribution in [0.25, 0.3) is 109 Å². The molecule has 0 radical (unpaired) electrons.